The van der Waals surface area contributed by atoms with Crippen molar-refractivity contribution in [1.29, 1.82) is 0 Å². The monoisotopic (exact) mass is 251 g/mol. The highest BCUT2D eigenvalue weighted by Crippen LogP contribution is 2.42. The van der Waals surface area contributed by atoms with Gasteiger partial charge in [0.1, 0.15) is 5.82 Å². The fraction of sp³-hybridized carbons (Fsp3) is 0.600. The third kappa shape index (κ3) is 2.43. The van der Waals surface area contributed by atoms with Gasteiger partial charge in [0.05, 0.1) is 6.10 Å². The van der Waals surface area contributed by atoms with Crippen molar-refractivity contribution in [3.63, 3.8) is 0 Å². The zero-order chi connectivity index (χ0) is 13.2. The van der Waals surface area contributed by atoms with Gasteiger partial charge in [0.2, 0.25) is 0 Å². The molecule has 1 saturated carbocycles. The summed E-state index contributed by atoms with van der Waals surface area (Å²) in [5.74, 6) is -0.213. The van der Waals surface area contributed by atoms with Crippen LogP contribution in [0.5, 0.6) is 0 Å². The average Bonchev–Trinajstić information content (AvgIpc) is 2.40. The molecule has 18 heavy (non-hydrogen) atoms. The summed E-state index contributed by atoms with van der Waals surface area (Å²) in [6, 6.07) is 6.77. The summed E-state index contributed by atoms with van der Waals surface area (Å²) in [6.45, 7) is 2.08. The third-order valence-corrected chi connectivity index (χ3v) is 4.42. The van der Waals surface area contributed by atoms with Gasteiger partial charge in [0, 0.05) is 11.5 Å². The van der Waals surface area contributed by atoms with Crippen LogP contribution >= 0.6 is 0 Å². The number of hydrogen-bond acceptors (Lipinski definition) is 2. The predicted octanol–water partition coefficient (Wildman–Crippen LogP) is 2.74. The molecule has 1 aromatic rings. The lowest BCUT2D eigenvalue weighted by Gasteiger charge is -2.43. The van der Waals surface area contributed by atoms with Crippen molar-refractivity contribution in [2.24, 2.45) is 5.73 Å². The van der Waals surface area contributed by atoms with Crippen molar-refractivity contribution in [3.05, 3.63) is 35.6 Å². The van der Waals surface area contributed by atoms with Crippen molar-refractivity contribution in [2.75, 3.05) is 0 Å². The van der Waals surface area contributed by atoms with Crippen LogP contribution in [0.4, 0.5) is 4.39 Å². The van der Waals surface area contributed by atoms with Gasteiger partial charge in [0.15, 0.2) is 0 Å². The molecule has 1 aliphatic rings. The van der Waals surface area contributed by atoms with Crippen LogP contribution in [0.2, 0.25) is 0 Å². The maximum atomic E-state index is 13.1. The topological polar surface area (TPSA) is 46.2 Å². The predicted molar refractivity (Wildman–Crippen MR) is 70.8 cm³/mol. The van der Waals surface area contributed by atoms with Crippen LogP contribution in [0.25, 0.3) is 0 Å². The number of rotatable bonds is 3. The molecule has 3 N–H and O–H groups in total. The van der Waals surface area contributed by atoms with Gasteiger partial charge in [-0.25, -0.2) is 4.39 Å². The lowest BCUT2D eigenvalue weighted by molar-refractivity contribution is 0.0848. The Kier molecular flexibility index (Phi) is 4.03. The Hall–Kier alpha value is -0.930. The Bertz CT molecular complexity index is 382. The van der Waals surface area contributed by atoms with Crippen molar-refractivity contribution < 1.29 is 9.50 Å². The first-order valence-electron chi connectivity index (χ1n) is 6.78. The quantitative estimate of drug-likeness (QED) is 0.867. The Morgan fingerprint density at radius 1 is 1.33 bits per heavy atom. The van der Waals surface area contributed by atoms with E-state index in [1.165, 1.54) is 12.1 Å². The first-order valence-corrected chi connectivity index (χ1v) is 6.78. The van der Waals surface area contributed by atoms with Crippen molar-refractivity contribution >= 4 is 0 Å². The minimum Gasteiger partial charge on any atom is -0.393 e. The molecule has 0 amide bonds. The molecule has 0 aromatic heterocycles. The summed E-state index contributed by atoms with van der Waals surface area (Å²) in [5.41, 5.74) is 7.34. The standard InChI is InChI=1S/C15H22FNO/c1-2-14(17)15(9-7-13(18)8-10-15)11-3-5-12(16)6-4-11/h3-6,13-14,18H,2,7-10,17H2,1H3. The largest absolute Gasteiger partial charge is 0.393 e. The van der Waals surface area contributed by atoms with E-state index in [0.29, 0.717) is 0 Å². The zero-order valence-electron chi connectivity index (χ0n) is 10.9. The Balaban J connectivity index is 2.33. The van der Waals surface area contributed by atoms with E-state index in [1.54, 1.807) is 0 Å². The number of halogens is 1. The molecular formula is C15H22FNO. The molecule has 1 unspecified atom stereocenters. The number of aliphatic hydroxyl groups is 1. The highest BCUT2D eigenvalue weighted by atomic mass is 19.1. The molecule has 0 heterocycles. The second kappa shape index (κ2) is 5.37. The van der Waals surface area contributed by atoms with Crippen LogP contribution in [-0.2, 0) is 5.41 Å². The summed E-state index contributed by atoms with van der Waals surface area (Å²) in [5, 5.41) is 9.69. The molecule has 2 rings (SSSR count). The van der Waals surface area contributed by atoms with E-state index < -0.39 is 0 Å². The number of aliphatic hydroxyl groups excluding tert-OH is 1. The lowest BCUT2D eigenvalue weighted by atomic mass is 9.64. The molecule has 2 nitrogen and oxygen atoms in total. The van der Waals surface area contributed by atoms with Crippen LogP contribution in [0.3, 0.4) is 0 Å². The van der Waals surface area contributed by atoms with Crippen molar-refractivity contribution in [3.8, 4) is 0 Å². The first kappa shape index (κ1) is 13.5. The van der Waals surface area contributed by atoms with Gasteiger partial charge in [-0.05, 0) is 49.8 Å². The van der Waals surface area contributed by atoms with Crippen LogP contribution in [0.15, 0.2) is 24.3 Å². The lowest BCUT2D eigenvalue weighted by Crippen LogP contribution is -2.48. The third-order valence-electron chi connectivity index (χ3n) is 4.42. The van der Waals surface area contributed by atoms with Gasteiger partial charge in [-0.1, -0.05) is 19.1 Å². The molecule has 0 spiro atoms. The van der Waals surface area contributed by atoms with Crippen LogP contribution in [0.1, 0.15) is 44.6 Å². The van der Waals surface area contributed by atoms with Crippen molar-refractivity contribution in [1.82, 2.24) is 0 Å². The Morgan fingerprint density at radius 2 is 1.89 bits per heavy atom. The number of nitrogens with two attached hydrogens (primary N) is 1. The van der Waals surface area contributed by atoms with Crippen molar-refractivity contribution in [2.45, 2.75) is 56.6 Å². The van der Waals surface area contributed by atoms with Gasteiger partial charge in [-0.3, -0.25) is 0 Å². The molecule has 1 aliphatic carbocycles. The summed E-state index contributed by atoms with van der Waals surface area (Å²) >= 11 is 0. The van der Waals surface area contributed by atoms with E-state index in [9.17, 15) is 9.50 Å². The Morgan fingerprint density at radius 3 is 2.39 bits per heavy atom. The second-order valence-corrected chi connectivity index (χ2v) is 5.41. The van der Waals surface area contributed by atoms with E-state index in [2.05, 4.69) is 6.92 Å². The van der Waals surface area contributed by atoms with Gasteiger partial charge in [-0.15, -0.1) is 0 Å². The van der Waals surface area contributed by atoms with E-state index in [1.807, 2.05) is 12.1 Å². The summed E-state index contributed by atoms with van der Waals surface area (Å²) in [6.07, 6.45) is 4.02. The van der Waals surface area contributed by atoms with Crippen LogP contribution in [-0.4, -0.2) is 17.3 Å². The van der Waals surface area contributed by atoms with Gasteiger partial charge in [-0.2, -0.15) is 0 Å². The van der Waals surface area contributed by atoms with Gasteiger partial charge >= 0.3 is 0 Å². The maximum absolute atomic E-state index is 13.1. The molecule has 0 aliphatic heterocycles. The smallest absolute Gasteiger partial charge is 0.123 e. The second-order valence-electron chi connectivity index (χ2n) is 5.41. The molecule has 3 heteroatoms. The van der Waals surface area contributed by atoms with Crippen LogP contribution < -0.4 is 5.73 Å². The van der Waals surface area contributed by atoms with Gasteiger partial charge < -0.3 is 10.8 Å². The Labute approximate surface area is 108 Å². The SMILES string of the molecule is CCC(N)C1(c2ccc(F)cc2)CCC(O)CC1. The van der Waals surface area contributed by atoms with E-state index in [0.717, 1.165) is 37.7 Å². The zero-order valence-corrected chi connectivity index (χ0v) is 10.9. The molecule has 0 saturated heterocycles. The van der Waals surface area contributed by atoms with E-state index >= 15 is 0 Å². The minimum atomic E-state index is -0.213. The fourth-order valence-corrected chi connectivity index (χ4v) is 3.16. The molecule has 0 bridgehead atoms. The van der Waals surface area contributed by atoms with Crippen LogP contribution in [0, 0.1) is 5.82 Å². The van der Waals surface area contributed by atoms with E-state index in [-0.39, 0.29) is 23.4 Å². The number of benzene rings is 1. The molecule has 100 valence electrons. The fourth-order valence-electron chi connectivity index (χ4n) is 3.16. The average molecular weight is 251 g/mol. The molecule has 1 atom stereocenters. The molecule has 1 fully saturated rings. The molecular weight excluding hydrogens is 229 g/mol. The summed E-state index contributed by atoms with van der Waals surface area (Å²) in [4.78, 5) is 0. The minimum absolute atomic E-state index is 0.0652. The maximum Gasteiger partial charge on any atom is 0.123 e. The highest BCUT2D eigenvalue weighted by molar-refractivity contribution is 5.29. The molecule has 1 aromatic carbocycles. The normalized spacial score (nSPS) is 30.1. The summed E-state index contributed by atoms with van der Waals surface area (Å²) in [7, 11) is 0. The van der Waals surface area contributed by atoms with E-state index in [4.69, 9.17) is 5.73 Å². The number of hydrogen-bond donors (Lipinski definition) is 2. The molecule has 0 radical (unpaired) electrons. The highest BCUT2D eigenvalue weighted by Gasteiger charge is 2.40. The summed E-state index contributed by atoms with van der Waals surface area (Å²) < 4.78 is 13.1. The van der Waals surface area contributed by atoms with Gasteiger partial charge in [0.25, 0.3) is 0 Å². The first-order chi connectivity index (χ1) is 8.58.